The fraction of sp³-hybridized carbons (Fsp3) is 0.600. The minimum absolute atomic E-state index is 0.143. The zero-order chi connectivity index (χ0) is 15.9. The molecule has 120 valence electrons. The van der Waals surface area contributed by atoms with Crippen molar-refractivity contribution in [2.45, 2.75) is 37.6 Å². The summed E-state index contributed by atoms with van der Waals surface area (Å²) in [6, 6.07) is 0. The normalized spacial score (nSPS) is 17.1. The minimum atomic E-state index is -0.143. The highest BCUT2D eigenvalue weighted by atomic mass is 32.2. The smallest absolute Gasteiger partial charge is 0.191 e. The molecule has 0 atom stereocenters. The molecule has 2 aromatic heterocycles. The predicted molar refractivity (Wildman–Crippen MR) is 92.8 cm³/mol. The lowest BCUT2D eigenvalue weighted by atomic mass is 9.94. The zero-order valence-electron chi connectivity index (χ0n) is 13.5. The second kappa shape index (κ2) is 5.96. The molecular weight excluding hydrogens is 316 g/mol. The van der Waals surface area contributed by atoms with Crippen LogP contribution in [-0.2, 0) is 17.8 Å². The van der Waals surface area contributed by atoms with Crippen LogP contribution in [0.5, 0.6) is 0 Å². The Bertz CT molecular complexity index is 696. The SMILES string of the molecule is C[NH+](C)CCSc1nc(N)c2c3c(sc2n1)COC(C)(C)C3. The van der Waals surface area contributed by atoms with Crippen LogP contribution in [0.25, 0.3) is 10.2 Å². The fourth-order valence-electron chi connectivity index (χ4n) is 2.56. The molecule has 0 unspecified atom stereocenters. The molecular formula is C15H23N4OS2+. The average Bonchev–Trinajstić information content (AvgIpc) is 2.75. The van der Waals surface area contributed by atoms with Gasteiger partial charge >= 0.3 is 0 Å². The molecule has 2 aromatic rings. The highest BCUT2D eigenvalue weighted by Crippen LogP contribution is 2.40. The van der Waals surface area contributed by atoms with Crippen molar-refractivity contribution >= 4 is 39.1 Å². The maximum atomic E-state index is 6.24. The minimum Gasteiger partial charge on any atom is -0.383 e. The largest absolute Gasteiger partial charge is 0.383 e. The standard InChI is InChI=1S/C15H22N4OS2/c1-15(2)7-9-10(8-20-15)22-13-11(9)12(16)17-14(18-13)21-6-5-19(3)4/h5-8H2,1-4H3,(H2,16,17,18)/p+1. The molecule has 3 rings (SSSR count). The van der Waals surface area contributed by atoms with Gasteiger partial charge in [-0.15, -0.1) is 11.3 Å². The summed E-state index contributed by atoms with van der Waals surface area (Å²) in [5.74, 6) is 1.61. The number of hydrogen-bond donors (Lipinski definition) is 2. The van der Waals surface area contributed by atoms with E-state index in [0.717, 1.165) is 34.1 Å². The van der Waals surface area contributed by atoms with Crippen LogP contribution in [0.1, 0.15) is 24.3 Å². The Labute approximate surface area is 139 Å². The van der Waals surface area contributed by atoms with Crippen molar-refractivity contribution < 1.29 is 9.64 Å². The Morgan fingerprint density at radius 2 is 2.14 bits per heavy atom. The number of nitrogens with zero attached hydrogens (tertiary/aromatic N) is 2. The third kappa shape index (κ3) is 3.22. The van der Waals surface area contributed by atoms with Gasteiger partial charge in [0.25, 0.3) is 0 Å². The van der Waals surface area contributed by atoms with Gasteiger partial charge in [0.2, 0.25) is 0 Å². The summed E-state index contributed by atoms with van der Waals surface area (Å²) in [5, 5.41) is 1.82. The van der Waals surface area contributed by atoms with E-state index in [0.29, 0.717) is 12.4 Å². The number of thioether (sulfide) groups is 1. The summed E-state index contributed by atoms with van der Waals surface area (Å²) in [5.41, 5.74) is 7.38. The van der Waals surface area contributed by atoms with Crippen LogP contribution in [0.15, 0.2) is 5.16 Å². The number of nitrogens with one attached hydrogen (secondary N) is 1. The van der Waals surface area contributed by atoms with Crippen molar-refractivity contribution in [1.29, 1.82) is 0 Å². The molecule has 0 aromatic carbocycles. The van der Waals surface area contributed by atoms with Gasteiger partial charge in [0.1, 0.15) is 10.6 Å². The number of nitrogens with two attached hydrogens (primary N) is 1. The van der Waals surface area contributed by atoms with Gasteiger partial charge in [0.15, 0.2) is 5.16 Å². The Morgan fingerprint density at radius 1 is 1.36 bits per heavy atom. The van der Waals surface area contributed by atoms with E-state index in [2.05, 4.69) is 32.9 Å². The number of hydrogen-bond acceptors (Lipinski definition) is 6. The van der Waals surface area contributed by atoms with E-state index in [9.17, 15) is 0 Å². The predicted octanol–water partition coefficient (Wildman–Crippen LogP) is 1.36. The molecule has 22 heavy (non-hydrogen) atoms. The second-order valence-corrected chi connectivity index (χ2v) is 8.75. The van der Waals surface area contributed by atoms with Crippen molar-refractivity contribution in [2.24, 2.45) is 0 Å². The summed E-state index contributed by atoms with van der Waals surface area (Å²) in [4.78, 5) is 12.9. The molecule has 0 saturated heterocycles. The van der Waals surface area contributed by atoms with Gasteiger partial charge in [0.05, 0.1) is 44.0 Å². The summed E-state index contributed by atoms with van der Waals surface area (Å²) in [6.45, 7) is 5.96. The molecule has 0 fully saturated rings. The molecule has 0 aliphatic carbocycles. The molecule has 0 amide bonds. The number of fused-ring (bicyclic) bond motifs is 3. The summed E-state index contributed by atoms with van der Waals surface area (Å²) >= 11 is 3.37. The van der Waals surface area contributed by atoms with Crippen LogP contribution in [0.3, 0.4) is 0 Å². The maximum Gasteiger partial charge on any atom is 0.191 e. The van der Waals surface area contributed by atoms with Crippen LogP contribution in [0.2, 0.25) is 0 Å². The molecule has 3 N–H and O–H groups in total. The van der Waals surface area contributed by atoms with Crippen molar-refractivity contribution in [1.82, 2.24) is 9.97 Å². The highest BCUT2D eigenvalue weighted by Gasteiger charge is 2.30. The molecule has 5 nitrogen and oxygen atoms in total. The molecule has 1 aliphatic heterocycles. The number of quaternary nitrogens is 1. The quantitative estimate of drug-likeness (QED) is 0.650. The first kappa shape index (κ1) is 16.0. The summed E-state index contributed by atoms with van der Waals surface area (Å²) in [7, 11) is 4.29. The van der Waals surface area contributed by atoms with Crippen LogP contribution in [0, 0.1) is 0 Å². The summed E-state index contributed by atoms with van der Waals surface area (Å²) in [6.07, 6.45) is 0.867. The van der Waals surface area contributed by atoms with Crippen LogP contribution in [-0.4, -0.2) is 42.0 Å². The van der Waals surface area contributed by atoms with Crippen molar-refractivity contribution in [2.75, 3.05) is 32.1 Å². The average molecular weight is 340 g/mol. The Kier molecular flexibility index (Phi) is 4.33. The highest BCUT2D eigenvalue weighted by molar-refractivity contribution is 7.99. The third-order valence-corrected chi connectivity index (χ3v) is 5.72. The van der Waals surface area contributed by atoms with Gasteiger partial charge in [-0.2, -0.15) is 0 Å². The van der Waals surface area contributed by atoms with Crippen molar-refractivity contribution in [3.8, 4) is 0 Å². The van der Waals surface area contributed by atoms with Crippen molar-refractivity contribution in [3.63, 3.8) is 0 Å². The van der Waals surface area contributed by atoms with E-state index in [1.807, 2.05) is 0 Å². The molecule has 0 bridgehead atoms. The Hall–Kier alpha value is -0.890. The number of nitrogen functional groups attached to an aromatic ring is 1. The van der Waals surface area contributed by atoms with Gasteiger partial charge in [-0.25, -0.2) is 9.97 Å². The van der Waals surface area contributed by atoms with E-state index in [1.165, 1.54) is 15.3 Å². The Balaban J connectivity index is 1.92. The van der Waals surface area contributed by atoms with Gasteiger partial charge in [0, 0.05) is 11.3 Å². The van der Waals surface area contributed by atoms with E-state index in [1.54, 1.807) is 23.1 Å². The number of aromatic nitrogens is 2. The second-order valence-electron chi connectivity index (χ2n) is 6.61. The van der Waals surface area contributed by atoms with E-state index in [-0.39, 0.29) is 5.60 Å². The number of anilines is 1. The first-order valence-electron chi connectivity index (χ1n) is 7.49. The first-order chi connectivity index (χ1) is 10.4. The van der Waals surface area contributed by atoms with Gasteiger partial charge in [-0.1, -0.05) is 11.8 Å². The lowest BCUT2D eigenvalue weighted by Crippen LogP contribution is -3.06. The van der Waals surface area contributed by atoms with Gasteiger partial charge in [-0.05, 0) is 19.4 Å². The molecule has 0 radical (unpaired) electrons. The topological polar surface area (TPSA) is 65.5 Å². The number of thiophene rings is 1. The van der Waals surface area contributed by atoms with Crippen molar-refractivity contribution in [3.05, 3.63) is 10.4 Å². The monoisotopic (exact) mass is 339 g/mol. The molecule has 0 saturated carbocycles. The van der Waals surface area contributed by atoms with Crippen LogP contribution >= 0.6 is 23.1 Å². The molecule has 7 heteroatoms. The summed E-state index contributed by atoms with van der Waals surface area (Å²) < 4.78 is 5.90. The zero-order valence-corrected chi connectivity index (χ0v) is 15.2. The molecule has 1 aliphatic rings. The lowest BCUT2D eigenvalue weighted by molar-refractivity contribution is -0.855. The fourth-order valence-corrected chi connectivity index (χ4v) is 4.74. The van der Waals surface area contributed by atoms with E-state index >= 15 is 0 Å². The van der Waals surface area contributed by atoms with Gasteiger partial charge < -0.3 is 15.4 Å². The third-order valence-electron chi connectivity index (χ3n) is 3.77. The Morgan fingerprint density at radius 3 is 2.86 bits per heavy atom. The van der Waals surface area contributed by atoms with Gasteiger partial charge in [-0.3, -0.25) is 0 Å². The molecule has 0 spiro atoms. The van der Waals surface area contributed by atoms with E-state index < -0.39 is 0 Å². The first-order valence-corrected chi connectivity index (χ1v) is 9.29. The van der Waals surface area contributed by atoms with Crippen LogP contribution < -0.4 is 10.6 Å². The number of ether oxygens (including phenoxy) is 1. The van der Waals surface area contributed by atoms with E-state index in [4.69, 9.17) is 15.5 Å². The maximum absolute atomic E-state index is 6.24. The molecule has 3 heterocycles. The lowest BCUT2D eigenvalue weighted by Gasteiger charge is -2.30. The number of rotatable bonds is 4. The van der Waals surface area contributed by atoms with Crippen LogP contribution in [0.4, 0.5) is 5.82 Å².